The molecule has 0 spiro atoms. The lowest BCUT2D eigenvalue weighted by atomic mass is 10.3. The maximum Gasteiger partial charge on any atom is 0.358 e. The molecule has 0 aliphatic rings. The van der Waals surface area contributed by atoms with Crippen molar-refractivity contribution in [2.24, 2.45) is 7.05 Å². The molecule has 0 saturated heterocycles. The molecule has 0 unspecified atom stereocenters. The number of amides is 1. The Labute approximate surface area is 102 Å². The zero-order chi connectivity index (χ0) is 13.1. The minimum absolute atomic E-state index is 0.148. The number of anilines is 1. The van der Waals surface area contributed by atoms with E-state index in [1.165, 1.54) is 30.3 Å². The predicted octanol–water partition coefficient (Wildman–Crippen LogP) is 1.05. The highest BCUT2D eigenvalue weighted by atomic mass is 16.5. The van der Waals surface area contributed by atoms with Crippen LogP contribution in [-0.2, 0) is 11.8 Å². The first-order valence-corrected chi connectivity index (χ1v) is 5.08. The number of hydrogen-bond acceptors (Lipinski definition) is 5. The van der Waals surface area contributed by atoms with Gasteiger partial charge in [0.2, 0.25) is 0 Å². The maximum absolute atomic E-state index is 11.8. The van der Waals surface area contributed by atoms with Crippen molar-refractivity contribution in [3.8, 4) is 0 Å². The van der Waals surface area contributed by atoms with Crippen LogP contribution in [0.5, 0.6) is 0 Å². The van der Waals surface area contributed by atoms with Gasteiger partial charge in [-0.2, -0.15) is 5.10 Å². The molecule has 7 heteroatoms. The van der Waals surface area contributed by atoms with Gasteiger partial charge >= 0.3 is 5.97 Å². The van der Waals surface area contributed by atoms with Crippen LogP contribution in [0.4, 0.5) is 5.69 Å². The first-order chi connectivity index (χ1) is 8.63. The van der Waals surface area contributed by atoms with Gasteiger partial charge in [-0.05, 0) is 12.1 Å². The summed E-state index contributed by atoms with van der Waals surface area (Å²) in [5.74, 6) is -0.891. The Kier molecular flexibility index (Phi) is 3.13. The number of esters is 1. The van der Waals surface area contributed by atoms with Crippen molar-refractivity contribution in [3.63, 3.8) is 0 Å². The van der Waals surface area contributed by atoms with Crippen LogP contribution in [0.1, 0.15) is 21.0 Å². The van der Waals surface area contributed by atoms with Gasteiger partial charge in [0, 0.05) is 7.05 Å². The van der Waals surface area contributed by atoms with Crippen LogP contribution in [0.15, 0.2) is 29.0 Å². The molecule has 0 bridgehead atoms. The van der Waals surface area contributed by atoms with Gasteiger partial charge in [-0.25, -0.2) is 4.79 Å². The van der Waals surface area contributed by atoms with Crippen LogP contribution in [-0.4, -0.2) is 28.8 Å². The predicted molar refractivity (Wildman–Crippen MR) is 61.2 cm³/mol. The lowest BCUT2D eigenvalue weighted by Gasteiger charge is -2.04. The quantitative estimate of drug-likeness (QED) is 0.821. The topological polar surface area (TPSA) is 86.4 Å². The molecule has 2 rings (SSSR count). The lowest BCUT2D eigenvalue weighted by Crippen LogP contribution is -2.16. The number of hydrogen-bond donors (Lipinski definition) is 1. The minimum atomic E-state index is -0.579. The van der Waals surface area contributed by atoms with Crippen molar-refractivity contribution in [2.45, 2.75) is 0 Å². The van der Waals surface area contributed by atoms with E-state index in [0.29, 0.717) is 0 Å². The second-order valence-electron chi connectivity index (χ2n) is 3.45. The number of methoxy groups -OCH3 is 1. The average molecular weight is 249 g/mol. The third kappa shape index (κ3) is 2.10. The molecular weight excluding hydrogens is 238 g/mol. The van der Waals surface area contributed by atoms with Crippen molar-refractivity contribution in [2.75, 3.05) is 12.4 Å². The van der Waals surface area contributed by atoms with E-state index < -0.39 is 11.9 Å². The molecule has 0 fully saturated rings. The summed E-state index contributed by atoms with van der Waals surface area (Å²) in [6.45, 7) is 0. The number of aromatic nitrogens is 2. The van der Waals surface area contributed by atoms with E-state index in [0.717, 1.165) is 0 Å². The summed E-state index contributed by atoms with van der Waals surface area (Å²) in [6.07, 6.45) is 2.76. The SMILES string of the molecule is COC(=O)c1c(NC(=O)c2ccco2)cnn1C. The highest BCUT2D eigenvalue weighted by Crippen LogP contribution is 2.16. The minimum Gasteiger partial charge on any atom is -0.464 e. The molecule has 0 radical (unpaired) electrons. The molecule has 0 aliphatic heterocycles. The second-order valence-corrected chi connectivity index (χ2v) is 3.45. The Morgan fingerprint density at radius 1 is 1.50 bits per heavy atom. The zero-order valence-corrected chi connectivity index (χ0v) is 9.84. The fourth-order valence-corrected chi connectivity index (χ4v) is 1.46. The van der Waals surface area contributed by atoms with Crippen molar-refractivity contribution in [3.05, 3.63) is 36.0 Å². The zero-order valence-electron chi connectivity index (χ0n) is 9.84. The van der Waals surface area contributed by atoms with Crippen molar-refractivity contribution in [1.82, 2.24) is 9.78 Å². The van der Waals surface area contributed by atoms with Gasteiger partial charge < -0.3 is 14.5 Å². The number of carbonyl (C=O) groups excluding carboxylic acids is 2. The third-order valence-electron chi connectivity index (χ3n) is 2.31. The molecule has 1 amide bonds. The van der Waals surface area contributed by atoms with E-state index in [9.17, 15) is 9.59 Å². The molecule has 1 N–H and O–H groups in total. The largest absolute Gasteiger partial charge is 0.464 e. The van der Waals surface area contributed by atoms with E-state index in [-0.39, 0.29) is 17.1 Å². The van der Waals surface area contributed by atoms with Gasteiger partial charge in [0.15, 0.2) is 11.5 Å². The lowest BCUT2D eigenvalue weighted by molar-refractivity contribution is 0.0589. The summed E-state index contributed by atoms with van der Waals surface area (Å²) in [5.41, 5.74) is 0.433. The van der Waals surface area contributed by atoms with Crippen molar-refractivity contribution in [1.29, 1.82) is 0 Å². The standard InChI is InChI=1S/C11H11N3O4/c1-14-9(11(16)17-2)7(6-12-14)13-10(15)8-4-3-5-18-8/h3-6H,1-2H3,(H,13,15). The number of carbonyl (C=O) groups is 2. The highest BCUT2D eigenvalue weighted by Gasteiger charge is 2.20. The van der Waals surface area contributed by atoms with Crippen molar-refractivity contribution >= 4 is 17.6 Å². The van der Waals surface area contributed by atoms with Crippen LogP contribution >= 0.6 is 0 Å². The van der Waals surface area contributed by atoms with E-state index in [1.807, 2.05) is 0 Å². The summed E-state index contributed by atoms with van der Waals surface area (Å²) in [6, 6.07) is 3.11. The fraction of sp³-hybridized carbons (Fsp3) is 0.182. The monoisotopic (exact) mass is 249 g/mol. The summed E-state index contributed by atoms with van der Waals surface area (Å²) in [5, 5.41) is 6.42. The molecule has 2 heterocycles. The van der Waals surface area contributed by atoms with Gasteiger partial charge in [-0.1, -0.05) is 0 Å². The Hall–Kier alpha value is -2.57. The Bertz CT molecular complexity index is 571. The first kappa shape index (κ1) is 11.9. The summed E-state index contributed by atoms with van der Waals surface area (Å²) >= 11 is 0. The van der Waals surface area contributed by atoms with Crippen LogP contribution in [0.25, 0.3) is 0 Å². The Morgan fingerprint density at radius 3 is 2.89 bits per heavy atom. The van der Waals surface area contributed by atoms with Gasteiger partial charge in [-0.3, -0.25) is 9.48 Å². The normalized spacial score (nSPS) is 10.1. The summed E-state index contributed by atoms with van der Waals surface area (Å²) < 4.78 is 10.9. The molecule has 18 heavy (non-hydrogen) atoms. The number of nitrogens with zero attached hydrogens (tertiary/aromatic N) is 2. The van der Waals surface area contributed by atoms with Gasteiger partial charge in [0.1, 0.15) is 0 Å². The van der Waals surface area contributed by atoms with Gasteiger partial charge in [0.05, 0.1) is 25.3 Å². The molecule has 0 aliphatic carbocycles. The molecule has 0 atom stereocenters. The molecule has 0 aromatic carbocycles. The summed E-state index contributed by atoms with van der Waals surface area (Å²) in [7, 11) is 2.84. The smallest absolute Gasteiger partial charge is 0.358 e. The molecule has 2 aromatic heterocycles. The molecule has 94 valence electrons. The number of nitrogens with one attached hydrogen (secondary N) is 1. The van der Waals surface area contributed by atoms with E-state index in [2.05, 4.69) is 15.2 Å². The van der Waals surface area contributed by atoms with Crippen LogP contribution in [0.2, 0.25) is 0 Å². The molecule has 7 nitrogen and oxygen atoms in total. The summed E-state index contributed by atoms with van der Waals surface area (Å²) in [4.78, 5) is 23.3. The van der Waals surface area contributed by atoms with Crippen LogP contribution in [0, 0.1) is 0 Å². The average Bonchev–Trinajstić information content (AvgIpc) is 2.98. The maximum atomic E-state index is 11.8. The Morgan fingerprint density at radius 2 is 2.28 bits per heavy atom. The molecular formula is C11H11N3O4. The Balaban J connectivity index is 2.25. The van der Waals surface area contributed by atoms with Crippen LogP contribution in [0.3, 0.4) is 0 Å². The van der Waals surface area contributed by atoms with E-state index in [4.69, 9.17) is 4.42 Å². The van der Waals surface area contributed by atoms with E-state index in [1.54, 1.807) is 13.1 Å². The van der Waals surface area contributed by atoms with Crippen molar-refractivity contribution < 1.29 is 18.7 Å². The third-order valence-corrected chi connectivity index (χ3v) is 2.31. The number of rotatable bonds is 3. The highest BCUT2D eigenvalue weighted by molar-refractivity contribution is 6.05. The van der Waals surface area contributed by atoms with E-state index >= 15 is 0 Å². The van der Waals surface area contributed by atoms with Gasteiger partial charge in [0.25, 0.3) is 5.91 Å². The number of furan rings is 1. The van der Waals surface area contributed by atoms with Crippen LogP contribution < -0.4 is 5.32 Å². The fourth-order valence-electron chi connectivity index (χ4n) is 1.46. The number of ether oxygens (including phenoxy) is 1. The second kappa shape index (κ2) is 4.74. The molecule has 2 aromatic rings. The first-order valence-electron chi connectivity index (χ1n) is 5.08. The number of aryl methyl sites for hydroxylation is 1. The van der Waals surface area contributed by atoms with Gasteiger partial charge in [-0.15, -0.1) is 0 Å². The molecule has 0 saturated carbocycles.